The minimum absolute atomic E-state index is 0.133. The topological polar surface area (TPSA) is 12.0 Å². The van der Waals surface area contributed by atoms with E-state index >= 15 is 0 Å². The fraction of sp³-hybridized carbons (Fsp3) is 0.286. The summed E-state index contributed by atoms with van der Waals surface area (Å²) >= 11 is 5.06. The van der Waals surface area contributed by atoms with Crippen molar-refractivity contribution >= 4 is 33.0 Å². The molecule has 0 aliphatic carbocycles. The molecule has 1 unspecified atom stereocenters. The third-order valence-electron chi connectivity index (χ3n) is 2.76. The summed E-state index contributed by atoms with van der Waals surface area (Å²) in [5.41, 5.74) is 0.538. The predicted octanol–water partition coefficient (Wildman–Crippen LogP) is 5.46. The van der Waals surface area contributed by atoms with E-state index in [0.717, 1.165) is 4.47 Å². The molecule has 0 bridgehead atoms. The average Bonchev–Trinajstić information content (AvgIpc) is 2.83. The summed E-state index contributed by atoms with van der Waals surface area (Å²) in [7, 11) is 0. The highest BCUT2D eigenvalue weighted by atomic mass is 79.9. The van der Waals surface area contributed by atoms with E-state index in [1.165, 1.54) is 10.9 Å². The molecule has 0 fully saturated rings. The van der Waals surface area contributed by atoms with Gasteiger partial charge in [0, 0.05) is 9.35 Å². The fourth-order valence-corrected chi connectivity index (χ4v) is 3.12. The van der Waals surface area contributed by atoms with Crippen LogP contribution < -0.4 is 5.32 Å². The number of halogens is 2. The normalized spacial score (nSPS) is 12.7. The number of nitrogens with one attached hydrogen (secondary N) is 1. The van der Waals surface area contributed by atoms with E-state index in [-0.39, 0.29) is 11.9 Å². The predicted molar refractivity (Wildman–Crippen MR) is 79.6 cm³/mol. The van der Waals surface area contributed by atoms with Crippen molar-refractivity contribution in [1.82, 2.24) is 0 Å². The molecule has 0 amide bonds. The smallest absolute Gasteiger partial charge is 0.146 e. The molecule has 96 valence electrons. The lowest BCUT2D eigenvalue weighted by molar-refractivity contribution is 0.546. The third kappa shape index (κ3) is 3.12. The first-order chi connectivity index (χ1) is 8.58. The number of hydrogen-bond acceptors (Lipinski definition) is 2. The van der Waals surface area contributed by atoms with Crippen molar-refractivity contribution in [3.63, 3.8) is 0 Å². The van der Waals surface area contributed by atoms with Gasteiger partial charge in [0.2, 0.25) is 0 Å². The molecule has 1 aromatic carbocycles. The molecular weight excluding hydrogens is 313 g/mol. The molecule has 18 heavy (non-hydrogen) atoms. The highest BCUT2D eigenvalue weighted by Crippen LogP contribution is 2.31. The Kier molecular flexibility index (Phi) is 4.40. The maximum atomic E-state index is 13.8. The molecule has 0 saturated heterocycles. The molecule has 0 aliphatic rings. The van der Waals surface area contributed by atoms with E-state index in [0.29, 0.717) is 11.6 Å². The van der Waals surface area contributed by atoms with E-state index in [4.69, 9.17) is 0 Å². The Morgan fingerprint density at radius 1 is 1.28 bits per heavy atom. The minimum atomic E-state index is -0.222. The summed E-state index contributed by atoms with van der Waals surface area (Å²) in [5, 5.41) is 5.34. The number of benzene rings is 1. The van der Waals surface area contributed by atoms with Gasteiger partial charge in [-0.1, -0.05) is 35.8 Å². The van der Waals surface area contributed by atoms with Crippen LogP contribution in [0.1, 0.15) is 24.8 Å². The third-order valence-corrected chi connectivity index (χ3v) is 4.20. The summed E-state index contributed by atoms with van der Waals surface area (Å²) in [6.07, 6.45) is 0. The molecule has 1 aromatic heterocycles. The number of hydrogen-bond donors (Lipinski definition) is 1. The summed E-state index contributed by atoms with van der Waals surface area (Å²) in [5.74, 6) is 0.169. The van der Waals surface area contributed by atoms with Crippen LogP contribution >= 0.6 is 27.3 Å². The number of rotatable bonds is 4. The second kappa shape index (κ2) is 5.85. The number of thiophene rings is 1. The molecular formula is C14H15BrFNS. The molecule has 0 saturated carbocycles. The first-order valence-corrected chi connectivity index (χ1v) is 7.50. The Morgan fingerprint density at radius 3 is 2.67 bits per heavy atom. The van der Waals surface area contributed by atoms with E-state index in [2.05, 4.69) is 41.2 Å². The standard InChI is InChI=1S/C14H15BrFNS/c1-9(2)14(13-4-3-7-18-13)17-12-8-10(15)5-6-11(12)16/h3-9,14,17H,1-2H3. The Bertz CT molecular complexity index is 511. The highest BCUT2D eigenvalue weighted by Gasteiger charge is 2.18. The van der Waals surface area contributed by atoms with Gasteiger partial charge < -0.3 is 5.32 Å². The Labute approximate surface area is 119 Å². The van der Waals surface area contributed by atoms with Crippen LogP contribution in [0.2, 0.25) is 0 Å². The van der Waals surface area contributed by atoms with Gasteiger partial charge in [-0.3, -0.25) is 0 Å². The highest BCUT2D eigenvalue weighted by molar-refractivity contribution is 9.10. The summed E-state index contributed by atoms with van der Waals surface area (Å²) in [4.78, 5) is 1.23. The SMILES string of the molecule is CC(C)C(Nc1cc(Br)ccc1F)c1cccs1. The maximum absolute atomic E-state index is 13.8. The molecule has 2 aromatic rings. The second-order valence-corrected chi connectivity index (χ2v) is 6.40. The summed E-state index contributed by atoms with van der Waals surface area (Å²) in [6, 6.07) is 9.19. The lowest BCUT2D eigenvalue weighted by Crippen LogP contribution is -2.16. The minimum Gasteiger partial charge on any atom is -0.375 e. The van der Waals surface area contributed by atoms with Crippen molar-refractivity contribution < 1.29 is 4.39 Å². The van der Waals surface area contributed by atoms with Gasteiger partial charge in [0.1, 0.15) is 5.82 Å². The van der Waals surface area contributed by atoms with Gasteiger partial charge in [-0.2, -0.15) is 0 Å². The molecule has 1 heterocycles. The average molecular weight is 328 g/mol. The molecule has 0 spiro atoms. The van der Waals surface area contributed by atoms with Crippen molar-refractivity contribution in [2.24, 2.45) is 5.92 Å². The Balaban J connectivity index is 2.27. The van der Waals surface area contributed by atoms with Gasteiger partial charge in [0.15, 0.2) is 0 Å². The molecule has 1 N–H and O–H groups in total. The van der Waals surface area contributed by atoms with Crippen LogP contribution in [0.3, 0.4) is 0 Å². The Hall–Kier alpha value is -0.870. The largest absolute Gasteiger partial charge is 0.375 e. The lowest BCUT2D eigenvalue weighted by atomic mass is 10.0. The Morgan fingerprint density at radius 2 is 2.06 bits per heavy atom. The first kappa shape index (κ1) is 13.6. The van der Waals surface area contributed by atoms with E-state index < -0.39 is 0 Å². The molecule has 4 heteroatoms. The quantitative estimate of drug-likeness (QED) is 0.786. The molecule has 1 nitrogen and oxygen atoms in total. The van der Waals surface area contributed by atoms with Gasteiger partial charge >= 0.3 is 0 Å². The zero-order chi connectivity index (χ0) is 13.1. The zero-order valence-electron chi connectivity index (χ0n) is 10.3. The van der Waals surface area contributed by atoms with E-state index in [1.54, 1.807) is 23.5 Å². The van der Waals surface area contributed by atoms with E-state index in [1.807, 2.05) is 11.4 Å². The summed E-state index contributed by atoms with van der Waals surface area (Å²) in [6.45, 7) is 4.26. The van der Waals surface area contributed by atoms with Crippen LogP contribution in [0.4, 0.5) is 10.1 Å². The lowest BCUT2D eigenvalue weighted by Gasteiger charge is -2.23. The van der Waals surface area contributed by atoms with Crippen LogP contribution in [-0.4, -0.2) is 0 Å². The summed E-state index contributed by atoms with van der Waals surface area (Å²) < 4.78 is 14.6. The molecule has 0 radical (unpaired) electrons. The van der Waals surface area contributed by atoms with Gasteiger partial charge in [-0.15, -0.1) is 11.3 Å². The van der Waals surface area contributed by atoms with Gasteiger partial charge in [-0.25, -0.2) is 4.39 Å². The van der Waals surface area contributed by atoms with Crippen molar-refractivity contribution in [2.75, 3.05) is 5.32 Å². The van der Waals surface area contributed by atoms with E-state index in [9.17, 15) is 4.39 Å². The first-order valence-electron chi connectivity index (χ1n) is 5.83. The van der Waals surface area contributed by atoms with Gasteiger partial charge in [0.05, 0.1) is 11.7 Å². The van der Waals surface area contributed by atoms with Crippen LogP contribution in [0.25, 0.3) is 0 Å². The van der Waals surface area contributed by atoms with Crippen LogP contribution in [0.15, 0.2) is 40.2 Å². The van der Waals surface area contributed by atoms with Crippen molar-refractivity contribution in [2.45, 2.75) is 19.9 Å². The molecule has 0 aliphatic heterocycles. The van der Waals surface area contributed by atoms with Crippen molar-refractivity contribution in [1.29, 1.82) is 0 Å². The molecule has 2 rings (SSSR count). The van der Waals surface area contributed by atoms with Gasteiger partial charge in [-0.05, 0) is 35.6 Å². The number of anilines is 1. The fourth-order valence-electron chi connectivity index (χ4n) is 1.81. The zero-order valence-corrected chi connectivity index (χ0v) is 12.7. The van der Waals surface area contributed by atoms with Crippen LogP contribution in [0, 0.1) is 11.7 Å². The maximum Gasteiger partial charge on any atom is 0.146 e. The monoisotopic (exact) mass is 327 g/mol. The van der Waals surface area contributed by atoms with Gasteiger partial charge in [0.25, 0.3) is 0 Å². The van der Waals surface area contributed by atoms with Crippen LogP contribution in [0.5, 0.6) is 0 Å². The van der Waals surface area contributed by atoms with Crippen molar-refractivity contribution in [3.05, 3.63) is 50.9 Å². The molecule has 1 atom stereocenters. The second-order valence-electron chi connectivity index (χ2n) is 4.51. The van der Waals surface area contributed by atoms with Crippen molar-refractivity contribution in [3.8, 4) is 0 Å². The van der Waals surface area contributed by atoms with Crippen LogP contribution in [-0.2, 0) is 0 Å².